The summed E-state index contributed by atoms with van der Waals surface area (Å²) in [4.78, 5) is 0. The summed E-state index contributed by atoms with van der Waals surface area (Å²) in [5.74, 6) is 0. The molecule has 0 heterocycles. The highest BCUT2D eigenvalue weighted by Gasteiger charge is 2.35. The third kappa shape index (κ3) is 1.68. The molecular weight excluding hydrogens is 181 g/mol. The molecule has 0 aliphatic carbocycles. The van der Waals surface area contributed by atoms with Gasteiger partial charge in [-0.3, -0.25) is 0 Å². The molecule has 5 heteroatoms. The number of aryl methyl sites for hydroxylation is 1. The lowest BCUT2D eigenvalue weighted by molar-refractivity contribution is -0.137. The van der Waals surface area contributed by atoms with Crippen LogP contribution in [0.2, 0.25) is 0 Å². The van der Waals surface area contributed by atoms with Crippen molar-refractivity contribution in [3.63, 3.8) is 0 Å². The van der Waals surface area contributed by atoms with Gasteiger partial charge < -0.3 is 11.5 Å². The van der Waals surface area contributed by atoms with Gasteiger partial charge in [0.1, 0.15) is 0 Å². The van der Waals surface area contributed by atoms with Crippen LogP contribution in [0.1, 0.15) is 11.1 Å². The third-order valence-corrected chi connectivity index (χ3v) is 1.77. The fraction of sp³-hybridized carbons (Fsp3) is 0.250. The Balaban J connectivity index is 3.43. The van der Waals surface area contributed by atoms with E-state index < -0.39 is 17.4 Å². The van der Waals surface area contributed by atoms with Gasteiger partial charge >= 0.3 is 6.18 Å². The van der Waals surface area contributed by atoms with Gasteiger partial charge in [-0.2, -0.15) is 13.2 Å². The number of rotatable bonds is 0. The van der Waals surface area contributed by atoms with Gasteiger partial charge in [-0.05, 0) is 18.6 Å². The van der Waals surface area contributed by atoms with Crippen molar-refractivity contribution in [3.05, 3.63) is 23.3 Å². The van der Waals surface area contributed by atoms with E-state index in [2.05, 4.69) is 0 Å². The number of hydrogen-bond donors (Lipinski definition) is 2. The molecule has 0 atom stereocenters. The smallest absolute Gasteiger partial charge is 0.397 e. The van der Waals surface area contributed by atoms with Crippen LogP contribution in [0.15, 0.2) is 12.1 Å². The summed E-state index contributed by atoms with van der Waals surface area (Å²) < 4.78 is 37.1. The van der Waals surface area contributed by atoms with Crippen molar-refractivity contribution in [2.45, 2.75) is 13.1 Å². The van der Waals surface area contributed by atoms with Crippen LogP contribution in [0.3, 0.4) is 0 Å². The molecule has 0 bridgehead atoms. The maximum atomic E-state index is 12.4. The number of benzene rings is 1. The molecule has 1 rings (SSSR count). The molecule has 72 valence electrons. The Hall–Kier alpha value is -1.39. The van der Waals surface area contributed by atoms with Crippen LogP contribution in [-0.2, 0) is 6.18 Å². The highest BCUT2D eigenvalue weighted by molar-refractivity contribution is 5.69. The quantitative estimate of drug-likeness (QED) is 0.616. The van der Waals surface area contributed by atoms with Crippen LogP contribution >= 0.6 is 0 Å². The summed E-state index contributed by atoms with van der Waals surface area (Å²) in [6.45, 7) is 1.35. The maximum Gasteiger partial charge on any atom is 0.418 e. The molecule has 0 radical (unpaired) electrons. The fourth-order valence-corrected chi connectivity index (χ4v) is 1.12. The number of alkyl halides is 3. The Morgan fingerprint density at radius 2 is 1.69 bits per heavy atom. The Labute approximate surface area is 73.3 Å². The third-order valence-electron chi connectivity index (χ3n) is 1.77. The van der Waals surface area contributed by atoms with Gasteiger partial charge in [0.05, 0.1) is 16.9 Å². The van der Waals surface area contributed by atoms with Gasteiger partial charge in [0.2, 0.25) is 0 Å². The van der Waals surface area contributed by atoms with Crippen LogP contribution < -0.4 is 11.5 Å². The molecule has 0 aliphatic heterocycles. The molecule has 0 amide bonds. The van der Waals surface area contributed by atoms with Crippen LogP contribution in [0.5, 0.6) is 0 Å². The lowest BCUT2D eigenvalue weighted by Gasteiger charge is -2.14. The van der Waals surface area contributed by atoms with Crippen LogP contribution in [-0.4, -0.2) is 0 Å². The normalized spacial score (nSPS) is 11.7. The first-order valence-corrected chi connectivity index (χ1v) is 3.55. The minimum Gasteiger partial charge on any atom is -0.397 e. The lowest BCUT2D eigenvalue weighted by Crippen LogP contribution is -2.12. The first-order chi connectivity index (χ1) is 5.84. The molecule has 13 heavy (non-hydrogen) atoms. The van der Waals surface area contributed by atoms with Crippen molar-refractivity contribution in [1.82, 2.24) is 0 Å². The molecule has 0 aliphatic rings. The largest absolute Gasteiger partial charge is 0.418 e. The van der Waals surface area contributed by atoms with Crippen molar-refractivity contribution >= 4 is 11.4 Å². The second-order valence-corrected chi connectivity index (χ2v) is 2.76. The zero-order valence-electron chi connectivity index (χ0n) is 6.94. The van der Waals surface area contributed by atoms with Crippen molar-refractivity contribution in [3.8, 4) is 0 Å². The molecular formula is C8H9F3N2. The first-order valence-electron chi connectivity index (χ1n) is 3.55. The molecule has 0 spiro atoms. The van der Waals surface area contributed by atoms with E-state index >= 15 is 0 Å². The number of halogens is 3. The van der Waals surface area contributed by atoms with Gasteiger partial charge in [0, 0.05) is 0 Å². The Morgan fingerprint density at radius 3 is 2.08 bits per heavy atom. The summed E-state index contributed by atoms with van der Waals surface area (Å²) in [6, 6.07) is 2.66. The summed E-state index contributed by atoms with van der Waals surface area (Å²) in [7, 11) is 0. The minimum absolute atomic E-state index is 0.0436. The fourth-order valence-electron chi connectivity index (χ4n) is 1.12. The molecule has 0 aromatic heterocycles. The molecule has 1 aromatic rings. The van der Waals surface area contributed by atoms with E-state index in [1.54, 1.807) is 0 Å². The van der Waals surface area contributed by atoms with Crippen LogP contribution in [0, 0.1) is 6.92 Å². The van der Waals surface area contributed by atoms with E-state index in [9.17, 15) is 13.2 Å². The van der Waals surface area contributed by atoms with Gasteiger partial charge in [0.25, 0.3) is 0 Å². The topological polar surface area (TPSA) is 52.0 Å². The summed E-state index contributed by atoms with van der Waals surface area (Å²) in [5, 5.41) is 0. The molecule has 1 aromatic carbocycles. The molecule has 4 N–H and O–H groups in total. The SMILES string of the molecule is Cc1ccc(N)c(N)c1C(F)(F)F. The predicted molar refractivity (Wildman–Crippen MR) is 45.0 cm³/mol. The maximum absolute atomic E-state index is 12.4. The van der Waals surface area contributed by atoms with E-state index in [-0.39, 0.29) is 11.3 Å². The standard InChI is InChI=1S/C8H9F3N2/c1-4-2-3-5(12)7(13)6(4)8(9,10)11/h2-3H,12-13H2,1H3. The van der Waals surface area contributed by atoms with E-state index in [1.165, 1.54) is 19.1 Å². The highest BCUT2D eigenvalue weighted by Crippen LogP contribution is 2.38. The summed E-state index contributed by atoms with van der Waals surface area (Å²) in [6.07, 6.45) is -4.44. The average molecular weight is 190 g/mol. The Kier molecular flexibility index (Phi) is 2.11. The molecule has 2 nitrogen and oxygen atoms in total. The number of hydrogen-bond acceptors (Lipinski definition) is 2. The van der Waals surface area contributed by atoms with Crippen molar-refractivity contribution in [1.29, 1.82) is 0 Å². The molecule has 0 saturated carbocycles. The summed E-state index contributed by atoms with van der Waals surface area (Å²) in [5.41, 5.74) is 9.29. The number of anilines is 2. The van der Waals surface area contributed by atoms with Crippen molar-refractivity contribution < 1.29 is 13.2 Å². The van der Waals surface area contributed by atoms with E-state index in [0.717, 1.165) is 0 Å². The van der Waals surface area contributed by atoms with Gasteiger partial charge in [-0.15, -0.1) is 0 Å². The van der Waals surface area contributed by atoms with E-state index in [1.807, 2.05) is 0 Å². The number of nitrogens with two attached hydrogens (primary N) is 2. The van der Waals surface area contributed by atoms with Gasteiger partial charge in [-0.25, -0.2) is 0 Å². The van der Waals surface area contributed by atoms with Gasteiger partial charge in [-0.1, -0.05) is 6.07 Å². The zero-order valence-corrected chi connectivity index (χ0v) is 6.94. The molecule has 0 saturated heterocycles. The first kappa shape index (κ1) is 9.70. The number of nitrogen functional groups attached to an aromatic ring is 2. The Morgan fingerprint density at radius 1 is 1.15 bits per heavy atom. The van der Waals surface area contributed by atoms with E-state index in [0.29, 0.717) is 0 Å². The zero-order chi connectivity index (χ0) is 10.2. The van der Waals surface area contributed by atoms with Crippen molar-refractivity contribution in [2.75, 3.05) is 11.5 Å². The van der Waals surface area contributed by atoms with Gasteiger partial charge in [0.15, 0.2) is 0 Å². The average Bonchev–Trinajstić information content (AvgIpc) is 1.95. The monoisotopic (exact) mass is 190 g/mol. The second-order valence-electron chi connectivity index (χ2n) is 2.76. The summed E-state index contributed by atoms with van der Waals surface area (Å²) >= 11 is 0. The predicted octanol–water partition coefficient (Wildman–Crippen LogP) is 2.18. The second kappa shape index (κ2) is 2.83. The van der Waals surface area contributed by atoms with Crippen LogP contribution in [0.4, 0.5) is 24.5 Å². The molecule has 0 unspecified atom stereocenters. The van der Waals surface area contributed by atoms with Crippen molar-refractivity contribution in [2.24, 2.45) is 0 Å². The molecule has 0 fully saturated rings. The Bertz CT molecular complexity index is 331. The minimum atomic E-state index is -4.44. The van der Waals surface area contributed by atoms with E-state index in [4.69, 9.17) is 11.5 Å². The lowest BCUT2D eigenvalue weighted by atomic mass is 10.1. The highest BCUT2D eigenvalue weighted by atomic mass is 19.4. The van der Waals surface area contributed by atoms with Crippen LogP contribution in [0.25, 0.3) is 0 Å².